The Kier molecular flexibility index (Phi) is 8.34. The first-order valence-electron chi connectivity index (χ1n) is 14.2. The normalized spacial score (nSPS) is 21.9. The summed E-state index contributed by atoms with van der Waals surface area (Å²) in [5.74, 6) is 6.02. The molecule has 5 rings (SSSR count). The second kappa shape index (κ2) is 12.1. The van der Waals surface area contributed by atoms with E-state index in [1.165, 1.54) is 25.5 Å². The highest BCUT2D eigenvalue weighted by Crippen LogP contribution is 2.29. The van der Waals surface area contributed by atoms with Crippen LogP contribution in [0.25, 0.3) is 0 Å². The molecular weight excluding hydrogens is 538 g/mol. The number of nitrogens with one attached hydrogen (secondary N) is 2. The van der Waals surface area contributed by atoms with Gasteiger partial charge in [-0.3, -0.25) is 19.7 Å². The number of ether oxygens (including phenoxy) is 2. The van der Waals surface area contributed by atoms with Gasteiger partial charge in [-0.2, -0.15) is 0 Å². The molecule has 0 radical (unpaired) electrons. The van der Waals surface area contributed by atoms with Gasteiger partial charge >= 0.3 is 6.03 Å². The third-order valence-corrected chi connectivity index (χ3v) is 8.22. The SMILES string of the molecule is CCC1CCCCN(C(=O)c2ccc(OC)c(C#CC3(CN4Cc5ccc(OC)cc5C4=O)NC(=O)NC3=O)n2)CC1. The van der Waals surface area contributed by atoms with Crippen molar-refractivity contribution in [3.05, 3.63) is 52.8 Å². The van der Waals surface area contributed by atoms with E-state index in [1.807, 2.05) is 4.90 Å². The van der Waals surface area contributed by atoms with Crippen molar-refractivity contribution in [2.45, 2.75) is 51.1 Å². The van der Waals surface area contributed by atoms with Gasteiger partial charge in [0.1, 0.15) is 11.4 Å². The molecule has 0 spiro atoms. The van der Waals surface area contributed by atoms with Crippen LogP contribution >= 0.6 is 0 Å². The summed E-state index contributed by atoms with van der Waals surface area (Å²) in [4.78, 5) is 59.8. The van der Waals surface area contributed by atoms with Crippen LogP contribution in [0.4, 0.5) is 4.79 Å². The number of methoxy groups -OCH3 is 2. The lowest BCUT2D eigenvalue weighted by Gasteiger charge is -2.28. The van der Waals surface area contributed by atoms with Crippen molar-refractivity contribution in [1.82, 2.24) is 25.4 Å². The van der Waals surface area contributed by atoms with Gasteiger partial charge in [-0.15, -0.1) is 0 Å². The van der Waals surface area contributed by atoms with Crippen LogP contribution < -0.4 is 20.1 Å². The summed E-state index contributed by atoms with van der Waals surface area (Å²) < 4.78 is 10.7. The summed E-state index contributed by atoms with van der Waals surface area (Å²) >= 11 is 0. The Labute approximate surface area is 244 Å². The van der Waals surface area contributed by atoms with Gasteiger partial charge in [0.2, 0.25) is 5.54 Å². The average molecular weight is 574 g/mol. The summed E-state index contributed by atoms with van der Waals surface area (Å²) in [6.07, 6.45) is 5.26. The summed E-state index contributed by atoms with van der Waals surface area (Å²) in [5, 5.41) is 4.83. The zero-order chi connectivity index (χ0) is 29.9. The Morgan fingerprint density at radius 3 is 2.64 bits per heavy atom. The maximum absolute atomic E-state index is 13.5. The van der Waals surface area contributed by atoms with E-state index in [9.17, 15) is 19.2 Å². The number of pyridine rings is 1. The van der Waals surface area contributed by atoms with Crippen LogP contribution in [0.2, 0.25) is 0 Å². The summed E-state index contributed by atoms with van der Waals surface area (Å²) in [5.41, 5.74) is -0.120. The average Bonchev–Trinajstić information content (AvgIpc) is 3.44. The number of imide groups is 1. The van der Waals surface area contributed by atoms with Gasteiger partial charge in [0.15, 0.2) is 11.4 Å². The molecule has 2 fully saturated rings. The lowest BCUT2D eigenvalue weighted by Crippen LogP contribution is -2.54. The minimum atomic E-state index is -1.73. The Morgan fingerprint density at radius 2 is 1.93 bits per heavy atom. The third kappa shape index (κ3) is 5.75. The molecular formula is C31H35N5O6. The largest absolute Gasteiger partial charge is 0.497 e. The highest BCUT2D eigenvalue weighted by Gasteiger charge is 2.48. The molecule has 1 aromatic carbocycles. The van der Waals surface area contributed by atoms with Crippen LogP contribution in [-0.4, -0.2) is 77.9 Å². The van der Waals surface area contributed by atoms with Crippen molar-refractivity contribution < 1.29 is 28.7 Å². The first kappa shape index (κ1) is 28.9. The van der Waals surface area contributed by atoms with Crippen molar-refractivity contribution >= 4 is 23.8 Å². The predicted octanol–water partition coefficient (Wildman–Crippen LogP) is 2.73. The molecule has 2 atom stereocenters. The fraction of sp³-hybridized carbons (Fsp3) is 0.452. The Hall–Kier alpha value is -4.59. The van der Waals surface area contributed by atoms with E-state index < -0.39 is 17.5 Å². The number of nitrogens with zero attached hydrogens (tertiary/aromatic N) is 3. The molecule has 4 heterocycles. The van der Waals surface area contributed by atoms with Crippen molar-refractivity contribution in [2.24, 2.45) is 5.92 Å². The third-order valence-electron chi connectivity index (χ3n) is 8.22. The summed E-state index contributed by atoms with van der Waals surface area (Å²) in [6, 6.07) is 7.72. The van der Waals surface area contributed by atoms with E-state index in [0.717, 1.165) is 31.2 Å². The first-order valence-corrected chi connectivity index (χ1v) is 14.2. The van der Waals surface area contributed by atoms with Crippen molar-refractivity contribution in [2.75, 3.05) is 33.9 Å². The number of amides is 5. The van der Waals surface area contributed by atoms with Crippen LogP contribution in [0.1, 0.15) is 71.1 Å². The van der Waals surface area contributed by atoms with Gasteiger partial charge in [-0.05, 0) is 54.5 Å². The Balaban J connectivity index is 1.42. The smallest absolute Gasteiger partial charge is 0.323 e. The minimum absolute atomic E-state index is 0.149. The summed E-state index contributed by atoms with van der Waals surface area (Å²) in [6.45, 7) is 3.56. The number of urea groups is 1. The second-order valence-corrected chi connectivity index (χ2v) is 10.8. The van der Waals surface area contributed by atoms with E-state index in [2.05, 4.69) is 34.4 Å². The number of hydrogen-bond donors (Lipinski definition) is 2. The Bertz CT molecular complexity index is 1480. The molecule has 2 aromatic rings. The number of carbonyl (C=O) groups is 4. The van der Waals surface area contributed by atoms with Crippen LogP contribution in [0, 0.1) is 17.8 Å². The van der Waals surface area contributed by atoms with E-state index in [4.69, 9.17) is 9.47 Å². The lowest BCUT2D eigenvalue weighted by molar-refractivity contribution is -0.122. The number of rotatable bonds is 6. The number of benzene rings is 1. The van der Waals surface area contributed by atoms with Gasteiger partial charge < -0.3 is 24.6 Å². The van der Waals surface area contributed by atoms with Crippen molar-refractivity contribution in [3.63, 3.8) is 0 Å². The molecule has 11 heteroatoms. The van der Waals surface area contributed by atoms with Crippen LogP contribution in [0.5, 0.6) is 11.5 Å². The minimum Gasteiger partial charge on any atom is -0.497 e. The molecule has 5 amide bonds. The topological polar surface area (TPSA) is 130 Å². The number of hydrogen-bond acceptors (Lipinski definition) is 7. The molecule has 3 aliphatic rings. The first-order chi connectivity index (χ1) is 20.3. The van der Waals surface area contributed by atoms with Crippen LogP contribution in [-0.2, 0) is 11.3 Å². The second-order valence-electron chi connectivity index (χ2n) is 10.8. The highest BCUT2D eigenvalue weighted by atomic mass is 16.5. The predicted molar refractivity (Wildman–Crippen MR) is 153 cm³/mol. The molecule has 2 unspecified atom stereocenters. The quantitative estimate of drug-likeness (QED) is 0.402. The van der Waals surface area contributed by atoms with Gasteiger partial charge in [0, 0.05) is 25.2 Å². The van der Waals surface area contributed by atoms with E-state index in [0.29, 0.717) is 36.1 Å². The molecule has 3 aliphatic heterocycles. The fourth-order valence-corrected chi connectivity index (χ4v) is 5.70. The number of fused-ring (bicyclic) bond motifs is 1. The number of carbonyl (C=O) groups excluding carboxylic acids is 4. The van der Waals surface area contributed by atoms with Gasteiger partial charge in [-0.25, -0.2) is 9.78 Å². The molecule has 11 nitrogen and oxygen atoms in total. The Morgan fingerprint density at radius 1 is 1.10 bits per heavy atom. The van der Waals surface area contributed by atoms with Crippen molar-refractivity contribution in [1.29, 1.82) is 0 Å². The fourth-order valence-electron chi connectivity index (χ4n) is 5.70. The molecule has 1 aromatic heterocycles. The van der Waals surface area contributed by atoms with E-state index in [-0.39, 0.29) is 36.3 Å². The zero-order valence-electron chi connectivity index (χ0n) is 24.1. The zero-order valence-corrected chi connectivity index (χ0v) is 24.1. The summed E-state index contributed by atoms with van der Waals surface area (Å²) in [7, 11) is 2.98. The monoisotopic (exact) mass is 573 g/mol. The standard InChI is InChI=1S/C31H35N5O6/c1-4-20-7-5-6-15-35(16-13-20)28(38)25-10-11-26(42-3)24(32-25)12-14-31(29(39)33-30(40)34-31)19-36-18-21-8-9-22(41-2)17-23(21)27(36)37/h8-11,17,20H,4-7,13,15-16,18-19H2,1-3H3,(H2,33,34,39,40). The molecule has 0 saturated carbocycles. The van der Waals surface area contributed by atoms with Crippen LogP contribution in [0.15, 0.2) is 30.3 Å². The molecule has 2 N–H and O–H groups in total. The molecule has 220 valence electrons. The molecule has 0 aliphatic carbocycles. The van der Waals surface area contributed by atoms with Gasteiger partial charge in [0.25, 0.3) is 17.7 Å². The lowest BCUT2D eigenvalue weighted by atomic mass is 9.93. The number of likely N-dealkylation sites (tertiary alicyclic amines) is 1. The maximum Gasteiger partial charge on any atom is 0.323 e. The highest BCUT2D eigenvalue weighted by molar-refractivity contribution is 6.10. The van der Waals surface area contributed by atoms with Crippen LogP contribution in [0.3, 0.4) is 0 Å². The van der Waals surface area contributed by atoms with Crippen molar-refractivity contribution in [3.8, 4) is 23.3 Å². The van der Waals surface area contributed by atoms with Gasteiger partial charge in [-0.1, -0.05) is 38.2 Å². The maximum atomic E-state index is 13.5. The van der Waals surface area contributed by atoms with E-state index >= 15 is 0 Å². The molecule has 42 heavy (non-hydrogen) atoms. The molecule has 2 saturated heterocycles. The van der Waals surface area contributed by atoms with E-state index in [1.54, 1.807) is 30.3 Å². The number of aromatic nitrogens is 1. The molecule has 0 bridgehead atoms. The van der Waals surface area contributed by atoms with Gasteiger partial charge in [0.05, 0.1) is 20.8 Å².